The Bertz CT molecular complexity index is 636. The fourth-order valence-corrected chi connectivity index (χ4v) is 2.22. The lowest BCUT2D eigenvalue weighted by Crippen LogP contribution is -2.51. The minimum absolute atomic E-state index is 0.0588. The normalized spacial score (nSPS) is 14.1. The zero-order valence-corrected chi connectivity index (χ0v) is 12.7. The van der Waals surface area contributed by atoms with Gasteiger partial charge in [-0.1, -0.05) is 0 Å². The number of nitrogens with zero attached hydrogens (tertiary/aromatic N) is 3. The molecule has 0 spiro atoms. The molecule has 3 amide bonds. The van der Waals surface area contributed by atoms with Gasteiger partial charge in [-0.05, 0) is 25.1 Å². The number of nitriles is 1. The van der Waals surface area contributed by atoms with Gasteiger partial charge in [-0.25, -0.2) is 14.0 Å². The van der Waals surface area contributed by atoms with Crippen LogP contribution >= 0.6 is 0 Å². The number of ether oxygens (including phenoxy) is 1. The van der Waals surface area contributed by atoms with E-state index in [0.717, 1.165) is 6.07 Å². The van der Waals surface area contributed by atoms with E-state index >= 15 is 0 Å². The first-order chi connectivity index (χ1) is 11.0. The predicted octanol–water partition coefficient (Wildman–Crippen LogP) is 2.00. The average Bonchev–Trinajstić information content (AvgIpc) is 2.56. The first-order valence-corrected chi connectivity index (χ1v) is 7.22. The number of nitrogens with one attached hydrogen (secondary N) is 1. The number of piperazine rings is 1. The zero-order chi connectivity index (χ0) is 16.8. The maximum Gasteiger partial charge on any atom is 0.409 e. The zero-order valence-electron chi connectivity index (χ0n) is 12.7. The Hall–Kier alpha value is -2.82. The quantitative estimate of drug-likeness (QED) is 0.903. The highest BCUT2D eigenvalue weighted by molar-refractivity contribution is 5.91. The minimum atomic E-state index is -0.539. The second kappa shape index (κ2) is 7.45. The summed E-state index contributed by atoms with van der Waals surface area (Å²) in [6.45, 7) is 3.50. The van der Waals surface area contributed by atoms with Crippen molar-refractivity contribution in [2.45, 2.75) is 6.92 Å². The van der Waals surface area contributed by atoms with Gasteiger partial charge in [0.15, 0.2) is 0 Å². The highest BCUT2D eigenvalue weighted by atomic mass is 19.1. The third-order valence-electron chi connectivity index (χ3n) is 3.44. The van der Waals surface area contributed by atoms with Crippen LogP contribution in [0.5, 0.6) is 0 Å². The Morgan fingerprint density at radius 2 is 1.96 bits per heavy atom. The van der Waals surface area contributed by atoms with Crippen LogP contribution < -0.4 is 5.32 Å². The molecule has 1 heterocycles. The van der Waals surface area contributed by atoms with Gasteiger partial charge < -0.3 is 19.9 Å². The molecule has 2 rings (SSSR count). The Kier molecular flexibility index (Phi) is 5.36. The molecule has 1 aromatic rings. The molecular weight excluding hydrogens is 303 g/mol. The summed E-state index contributed by atoms with van der Waals surface area (Å²) in [6.07, 6.45) is -0.391. The Morgan fingerprint density at radius 1 is 1.30 bits per heavy atom. The van der Waals surface area contributed by atoms with E-state index in [4.69, 9.17) is 10.00 Å². The van der Waals surface area contributed by atoms with Gasteiger partial charge in [0.1, 0.15) is 11.9 Å². The standard InChI is InChI=1S/C15H17FN4O3/c1-2-23-15(22)20-7-5-19(6-8-20)14(21)18-13-4-3-12(16)9-11(13)10-17/h3-4,9H,2,5-8H2,1H3,(H,18,21). The summed E-state index contributed by atoms with van der Waals surface area (Å²) in [7, 11) is 0. The van der Waals surface area contributed by atoms with Gasteiger partial charge in [-0.15, -0.1) is 0 Å². The summed E-state index contributed by atoms with van der Waals surface area (Å²) in [5, 5.41) is 11.6. The van der Waals surface area contributed by atoms with Crippen LogP contribution in [0.3, 0.4) is 0 Å². The predicted molar refractivity (Wildman–Crippen MR) is 80.3 cm³/mol. The summed E-state index contributed by atoms with van der Waals surface area (Å²) >= 11 is 0. The molecule has 1 saturated heterocycles. The van der Waals surface area contributed by atoms with Gasteiger partial charge in [-0.3, -0.25) is 0 Å². The van der Waals surface area contributed by atoms with Crippen molar-refractivity contribution in [3.8, 4) is 6.07 Å². The average molecular weight is 320 g/mol. The van der Waals surface area contributed by atoms with Gasteiger partial charge in [0.05, 0.1) is 17.9 Å². The maximum atomic E-state index is 13.1. The van der Waals surface area contributed by atoms with Crippen molar-refractivity contribution in [2.75, 3.05) is 38.1 Å². The molecule has 0 unspecified atom stereocenters. The van der Waals surface area contributed by atoms with Crippen LogP contribution in [0, 0.1) is 17.1 Å². The summed E-state index contributed by atoms with van der Waals surface area (Å²) in [5.74, 6) is -0.539. The van der Waals surface area contributed by atoms with Crippen LogP contribution in [-0.2, 0) is 4.74 Å². The molecule has 1 fully saturated rings. The van der Waals surface area contributed by atoms with E-state index in [1.54, 1.807) is 6.92 Å². The van der Waals surface area contributed by atoms with Crippen LogP contribution in [0.4, 0.5) is 19.7 Å². The van der Waals surface area contributed by atoms with E-state index in [-0.39, 0.29) is 11.3 Å². The van der Waals surface area contributed by atoms with E-state index < -0.39 is 17.9 Å². The van der Waals surface area contributed by atoms with Gasteiger partial charge >= 0.3 is 12.1 Å². The second-order valence-electron chi connectivity index (χ2n) is 4.90. The van der Waals surface area contributed by atoms with E-state index in [2.05, 4.69) is 5.32 Å². The molecule has 0 atom stereocenters. The number of rotatable bonds is 2. The van der Waals surface area contributed by atoms with E-state index in [9.17, 15) is 14.0 Å². The maximum absolute atomic E-state index is 13.1. The Balaban J connectivity index is 1.93. The lowest BCUT2D eigenvalue weighted by molar-refractivity contribution is 0.0868. The molecule has 7 nitrogen and oxygen atoms in total. The van der Waals surface area contributed by atoms with Crippen molar-refractivity contribution >= 4 is 17.8 Å². The van der Waals surface area contributed by atoms with Crippen molar-refractivity contribution in [3.05, 3.63) is 29.6 Å². The van der Waals surface area contributed by atoms with Crippen LogP contribution in [-0.4, -0.2) is 54.7 Å². The molecule has 1 N–H and O–H groups in total. The van der Waals surface area contributed by atoms with Crippen molar-refractivity contribution < 1.29 is 18.7 Å². The monoisotopic (exact) mass is 320 g/mol. The fourth-order valence-electron chi connectivity index (χ4n) is 2.22. The molecule has 23 heavy (non-hydrogen) atoms. The van der Waals surface area contributed by atoms with E-state index in [1.807, 2.05) is 6.07 Å². The molecule has 0 saturated carbocycles. The van der Waals surface area contributed by atoms with Gasteiger partial charge in [0.2, 0.25) is 0 Å². The van der Waals surface area contributed by atoms with Crippen molar-refractivity contribution in [2.24, 2.45) is 0 Å². The van der Waals surface area contributed by atoms with Crippen molar-refractivity contribution in [1.82, 2.24) is 9.80 Å². The minimum Gasteiger partial charge on any atom is -0.450 e. The molecule has 1 aliphatic rings. The van der Waals surface area contributed by atoms with E-state index in [1.165, 1.54) is 21.9 Å². The highest BCUT2D eigenvalue weighted by Gasteiger charge is 2.25. The Morgan fingerprint density at radius 3 is 2.57 bits per heavy atom. The van der Waals surface area contributed by atoms with Crippen LogP contribution in [0.2, 0.25) is 0 Å². The lowest BCUT2D eigenvalue weighted by Gasteiger charge is -2.34. The number of halogens is 1. The molecule has 1 aromatic carbocycles. The number of urea groups is 1. The molecule has 0 aromatic heterocycles. The molecule has 0 aliphatic carbocycles. The number of carbonyl (C=O) groups is 2. The topological polar surface area (TPSA) is 85.7 Å². The highest BCUT2D eigenvalue weighted by Crippen LogP contribution is 2.17. The summed E-state index contributed by atoms with van der Waals surface area (Å²) in [4.78, 5) is 26.9. The number of hydrogen-bond acceptors (Lipinski definition) is 4. The number of hydrogen-bond donors (Lipinski definition) is 1. The summed E-state index contributed by atoms with van der Waals surface area (Å²) in [6, 6.07) is 5.03. The van der Waals surface area contributed by atoms with Gasteiger partial charge in [-0.2, -0.15) is 5.26 Å². The van der Waals surface area contributed by atoms with E-state index in [0.29, 0.717) is 32.8 Å². The first-order valence-electron chi connectivity index (χ1n) is 7.22. The van der Waals surface area contributed by atoms with Gasteiger partial charge in [0.25, 0.3) is 0 Å². The molecule has 122 valence electrons. The number of benzene rings is 1. The molecule has 1 aliphatic heterocycles. The van der Waals surface area contributed by atoms with Crippen molar-refractivity contribution in [3.63, 3.8) is 0 Å². The fraction of sp³-hybridized carbons (Fsp3) is 0.400. The second-order valence-corrected chi connectivity index (χ2v) is 4.90. The number of anilines is 1. The first kappa shape index (κ1) is 16.5. The molecule has 8 heteroatoms. The van der Waals surface area contributed by atoms with Crippen LogP contribution in [0.15, 0.2) is 18.2 Å². The SMILES string of the molecule is CCOC(=O)N1CCN(C(=O)Nc2ccc(F)cc2C#N)CC1. The summed E-state index contributed by atoms with van der Waals surface area (Å²) in [5.41, 5.74) is 0.315. The third-order valence-corrected chi connectivity index (χ3v) is 3.44. The molecule has 0 bridgehead atoms. The van der Waals surface area contributed by atoms with Crippen LogP contribution in [0.1, 0.15) is 12.5 Å². The number of carbonyl (C=O) groups excluding carboxylic acids is 2. The van der Waals surface area contributed by atoms with Crippen LogP contribution in [0.25, 0.3) is 0 Å². The summed E-state index contributed by atoms with van der Waals surface area (Å²) < 4.78 is 18.0. The Labute approximate surface area is 133 Å². The third kappa shape index (κ3) is 4.10. The van der Waals surface area contributed by atoms with Gasteiger partial charge in [0, 0.05) is 26.2 Å². The lowest BCUT2D eigenvalue weighted by atomic mass is 10.2. The molecule has 0 radical (unpaired) electrons. The number of amides is 3. The largest absolute Gasteiger partial charge is 0.450 e. The molecular formula is C15H17FN4O3. The smallest absolute Gasteiger partial charge is 0.409 e. The van der Waals surface area contributed by atoms with Crippen molar-refractivity contribution in [1.29, 1.82) is 5.26 Å².